The third-order valence-electron chi connectivity index (χ3n) is 6.39. The van der Waals surface area contributed by atoms with Gasteiger partial charge in [0.15, 0.2) is 4.80 Å². The van der Waals surface area contributed by atoms with Crippen molar-refractivity contribution in [1.29, 1.82) is 0 Å². The maximum Gasteiger partial charge on any atom is 0.338 e. The van der Waals surface area contributed by atoms with Gasteiger partial charge in [-0.05, 0) is 87.2 Å². The highest BCUT2D eigenvalue weighted by molar-refractivity contribution is 9.11. The molecule has 1 aliphatic heterocycles. The van der Waals surface area contributed by atoms with Crippen LogP contribution in [0.3, 0.4) is 0 Å². The Hall–Kier alpha value is -3.47. The molecule has 0 radical (unpaired) electrons. The summed E-state index contributed by atoms with van der Waals surface area (Å²) in [6.45, 7) is 4.37. The molecule has 0 bridgehead atoms. The summed E-state index contributed by atoms with van der Waals surface area (Å²) in [7, 11) is 1.58. The lowest BCUT2D eigenvalue weighted by atomic mass is 9.93. The van der Waals surface area contributed by atoms with E-state index < -0.39 is 12.0 Å². The molecule has 0 N–H and O–H groups in total. The van der Waals surface area contributed by atoms with E-state index in [0.717, 1.165) is 20.1 Å². The fourth-order valence-electron chi connectivity index (χ4n) is 4.66. The molecule has 0 fully saturated rings. The van der Waals surface area contributed by atoms with Crippen LogP contribution < -0.4 is 24.4 Å². The highest BCUT2D eigenvalue weighted by atomic mass is 79.9. The predicted octanol–water partition coefficient (Wildman–Crippen LogP) is 5.87. The second kappa shape index (κ2) is 12.6. The number of rotatable bonds is 8. The number of ether oxygens (including phenoxy) is 3. The second-order valence-corrected chi connectivity index (χ2v) is 11.7. The molecule has 0 amide bonds. The molecule has 0 saturated carbocycles. The van der Waals surface area contributed by atoms with E-state index in [0.29, 0.717) is 38.7 Å². The summed E-state index contributed by atoms with van der Waals surface area (Å²) in [6, 6.07) is 19.8. The number of aromatic nitrogens is 1. The minimum Gasteiger partial charge on any atom is -0.497 e. The lowest BCUT2D eigenvalue weighted by Gasteiger charge is -2.26. The molecule has 5 rings (SSSR count). The number of carbonyl (C=O) groups excluding carboxylic acids is 1. The zero-order valence-corrected chi connectivity index (χ0v) is 26.5. The van der Waals surface area contributed by atoms with Crippen LogP contribution in [0.4, 0.5) is 0 Å². The normalized spacial score (nSPS) is 14.9. The van der Waals surface area contributed by atoms with E-state index in [1.165, 1.54) is 11.3 Å². The van der Waals surface area contributed by atoms with Crippen molar-refractivity contribution >= 4 is 60.9 Å². The number of nitrogens with zero attached hydrogens (tertiary/aromatic N) is 2. The summed E-state index contributed by atoms with van der Waals surface area (Å²) in [5, 5.41) is 0. The molecule has 2 heterocycles. The van der Waals surface area contributed by atoms with Gasteiger partial charge in [0.2, 0.25) is 0 Å². The van der Waals surface area contributed by atoms with Crippen molar-refractivity contribution in [3.05, 3.63) is 118 Å². The van der Waals surface area contributed by atoms with Crippen molar-refractivity contribution < 1.29 is 19.0 Å². The summed E-state index contributed by atoms with van der Waals surface area (Å²) < 4.78 is 20.3. The van der Waals surface area contributed by atoms with Crippen LogP contribution in [0.1, 0.15) is 36.6 Å². The lowest BCUT2D eigenvalue weighted by Crippen LogP contribution is -2.40. The molecule has 0 saturated heterocycles. The molecule has 3 aromatic carbocycles. The van der Waals surface area contributed by atoms with Crippen LogP contribution in [-0.2, 0) is 9.53 Å². The molecule has 10 heteroatoms. The number of thiazole rings is 1. The van der Waals surface area contributed by atoms with E-state index in [9.17, 15) is 9.59 Å². The first-order valence-electron chi connectivity index (χ1n) is 12.9. The van der Waals surface area contributed by atoms with Gasteiger partial charge in [0.25, 0.3) is 5.56 Å². The standard InChI is InChI=1S/C31H26Br2N2O5S/c1-4-39-28-22(32)14-18(15-23(28)33)16-24-29(36)35-27(20-12-9-13-21(17-20)38-3)25(30(37)40-5-2)26(34-31(35)41-24)19-10-7-6-8-11-19/h6-17,27H,4-5H2,1-3H3/b24-16-/t27-/m0/s1. The molecule has 1 atom stereocenters. The van der Waals surface area contributed by atoms with E-state index >= 15 is 0 Å². The van der Waals surface area contributed by atoms with E-state index in [4.69, 9.17) is 19.2 Å². The van der Waals surface area contributed by atoms with Gasteiger partial charge in [0.1, 0.15) is 11.5 Å². The third kappa shape index (κ3) is 5.82. The van der Waals surface area contributed by atoms with Gasteiger partial charge in [0, 0.05) is 5.56 Å². The quantitative estimate of drug-likeness (QED) is 0.216. The third-order valence-corrected chi connectivity index (χ3v) is 8.55. The molecule has 1 aromatic heterocycles. The van der Waals surface area contributed by atoms with Crippen LogP contribution in [0.15, 0.2) is 91.0 Å². The second-order valence-electron chi connectivity index (χ2n) is 8.95. The molecular formula is C31H26Br2N2O5S. The highest BCUT2D eigenvalue weighted by Crippen LogP contribution is 2.37. The Morgan fingerprint density at radius 2 is 1.76 bits per heavy atom. The molecule has 210 valence electrons. The lowest BCUT2D eigenvalue weighted by molar-refractivity contribution is -0.138. The average Bonchev–Trinajstić information content (AvgIpc) is 3.28. The van der Waals surface area contributed by atoms with Crippen LogP contribution in [0, 0.1) is 0 Å². The molecule has 4 aromatic rings. The van der Waals surface area contributed by atoms with Gasteiger partial charge in [-0.1, -0.05) is 53.8 Å². The number of halogens is 2. The van der Waals surface area contributed by atoms with E-state index in [-0.39, 0.29) is 17.7 Å². The smallest absolute Gasteiger partial charge is 0.338 e. The maximum atomic E-state index is 14.1. The maximum absolute atomic E-state index is 14.1. The Morgan fingerprint density at radius 3 is 2.41 bits per heavy atom. The van der Waals surface area contributed by atoms with Crippen molar-refractivity contribution in [3.63, 3.8) is 0 Å². The van der Waals surface area contributed by atoms with Gasteiger partial charge in [-0.15, -0.1) is 0 Å². The topological polar surface area (TPSA) is 79.1 Å². The summed E-state index contributed by atoms with van der Waals surface area (Å²) in [4.78, 5) is 33.0. The largest absolute Gasteiger partial charge is 0.497 e. The van der Waals surface area contributed by atoms with Crippen LogP contribution in [0.5, 0.6) is 11.5 Å². The Balaban J connectivity index is 1.80. The number of esters is 1. The predicted molar refractivity (Wildman–Crippen MR) is 167 cm³/mol. The zero-order chi connectivity index (χ0) is 29.1. The molecule has 41 heavy (non-hydrogen) atoms. The van der Waals surface area contributed by atoms with Gasteiger partial charge in [-0.25, -0.2) is 9.79 Å². The van der Waals surface area contributed by atoms with E-state index in [2.05, 4.69) is 31.9 Å². The van der Waals surface area contributed by atoms with Crippen LogP contribution in [-0.4, -0.2) is 30.9 Å². The van der Waals surface area contributed by atoms with E-state index in [1.54, 1.807) is 18.6 Å². The van der Waals surface area contributed by atoms with Crippen molar-refractivity contribution in [3.8, 4) is 11.5 Å². The van der Waals surface area contributed by atoms with Gasteiger partial charge >= 0.3 is 5.97 Å². The Kier molecular flexibility index (Phi) is 8.91. The molecule has 0 aliphatic carbocycles. The molecule has 1 aliphatic rings. The van der Waals surface area contributed by atoms with Gasteiger partial charge in [0.05, 0.1) is 51.1 Å². The number of hydrogen-bond donors (Lipinski definition) is 0. The van der Waals surface area contributed by atoms with E-state index in [1.807, 2.05) is 79.7 Å². The average molecular weight is 698 g/mol. The van der Waals surface area contributed by atoms with Crippen molar-refractivity contribution in [1.82, 2.24) is 4.57 Å². The number of carbonyl (C=O) groups is 1. The van der Waals surface area contributed by atoms with Crippen LogP contribution in [0.25, 0.3) is 11.8 Å². The minimum atomic E-state index is -0.781. The fraction of sp³-hybridized carbons (Fsp3) is 0.194. The van der Waals surface area contributed by atoms with Crippen molar-refractivity contribution in [2.45, 2.75) is 19.9 Å². The van der Waals surface area contributed by atoms with Gasteiger partial charge in [-0.3, -0.25) is 9.36 Å². The molecule has 0 spiro atoms. The summed E-state index contributed by atoms with van der Waals surface area (Å²) >= 11 is 8.41. The fourth-order valence-corrected chi connectivity index (χ4v) is 7.12. The SMILES string of the molecule is CCOC(=O)C1=C(c2ccccc2)N=c2s/c(=C\c3cc(Br)c(OCC)c(Br)c3)c(=O)n2[C@H]1c1cccc(OC)c1. The number of fused-ring (bicyclic) bond motifs is 1. The molecule has 7 nitrogen and oxygen atoms in total. The Labute approximate surface area is 257 Å². The van der Waals surface area contributed by atoms with Crippen LogP contribution >= 0.6 is 43.2 Å². The summed E-state index contributed by atoms with van der Waals surface area (Å²) in [6.07, 6.45) is 1.81. The first-order chi connectivity index (χ1) is 19.9. The van der Waals surface area contributed by atoms with Gasteiger partial charge in [-0.2, -0.15) is 0 Å². The first kappa shape index (κ1) is 29.0. The molecule has 0 unspecified atom stereocenters. The number of hydrogen-bond acceptors (Lipinski definition) is 7. The Morgan fingerprint density at radius 1 is 1.02 bits per heavy atom. The first-order valence-corrected chi connectivity index (χ1v) is 15.3. The highest BCUT2D eigenvalue weighted by Gasteiger charge is 2.35. The zero-order valence-electron chi connectivity index (χ0n) is 22.5. The van der Waals surface area contributed by atoms with Crippen molar-refractivity contribution in [2.75, 3.05) is 20.3 Å². The number of methoxy groups -OCH3 is 1. The monoisotopic (exact) mass is 696 g/mol. The summed E-state index contributed by atoms with van der Waals surface area (Å²) in [5.74, 6) is 0.766. The molecular weight excluding hydrogens is 672 g/mol. The number of benzene rings is 3. The minimum absolute atomic E-state index is 0.182. The summed E-state index contributed by atoms with van der Waals surface area (Å²) in [5.41, 5.74) is 2.74. The van der Waals surface area contributed by atoms with Gasteiger partial charge < -0.3 is 14.2 Å². The Bertz CT molecular complexity index is 1810. The van der Waals surface area contributed by atoms with Crippen molar-refractivity contribution in [2.24, 2.45) is 4.99 Å². The van der Waals surface area contributed by atoms with Crippen LogP contribution in [0.2, 0.25) is 0 Å².